The van der Waals surface area contributed by atoms with Gasteiger partial charge in [0, 0.05) is 0 Å². The molecule has 3 rings (SSSR count). The molecule has 3 aromatic rings. The monoisotopic (exact) mass is 359 g/mol. The molecule has 25 heavy (non-hydrogen) atoms. The number of halogens is 1. The van der Waals surface area contributed by atoms with E-state index in [1.165, 1.54) is 0 Å². The van der Waals surface area contributed by atoms with Crippen molar-refractivity contribution in [2.45, 2.75) is 26.1 Å². The molecule has 0 bridgehead atoms. The van der Waals surface area contributed by atoms with Gasteiger partial charge in [-0.2, -0.15) is 0 Å². The fourth-order valence-electron chi connectivity index (χ4n) is 2.43. The van der Waals surface area contributed by atoms with Crippen molar-refractivity contribution in [2.24, 2.45) is 0 Å². The minimum atomic E-state index is -0.704. The molecule has 0 fully saturated rings. The van der Waals surface area contributed by atoms with E-state index in [9.17, 15) is 4.79 Å². The second-order valence-electron chi connectivity index (χ2n) is 5.54. The summed E-state index contributed by atoms with van der Waals surface area (Å²) in [5, 5.41) is 0.464. The Bertz CT molecular complexity index is 762. The van der Waals surface area contributed by atoms with Crippen molar-refractivity contribution in [1.82, 2.24) is 4.90 Å². The van der Waals surface area contributed by atoms with Crippen molar-refractivity contribution in [2.75, 3.05) is 0 Å². The fourth-order valence-corrected chi connectivity index (χ4v) is 2.61. The van der Waals surface area contributed by atoms with Gasteiger partial charge in [0.05, 0.1) is 30.6 Å². The Morgan fingerprint density at radius 2 is 1.64 bits per heavy atom. The minimum absolute atomic E-state index is 0.187. The lowest BCUT2D eigenvalue weighted by Crippen LogP contribution is -2.39. The van der Waals surface area contributed by atoms with E-state index in [0.717, 1.165) is 0 Å². The van der Waals surface area contributed by atoms with Gasteiger partial charge in [-0.3, -0.25) is 4.79 Å². The van der Waals surface area contributed by atoms with Gasteiger partial charge in [-0.25, -0.2) is 0 Å². The molecule has 1 amide bonds. The minimum Gasteiger partial charge on any atom is -0.479 e. The zero-order chi connectivity index (χ0) is 17.6. The molecule has 0 N–H and O–H groups in total. The predicted octanol–water partition coefficient (Wildman–Crippen LogP) is 4.52. The number of ether oxygens (including phenoxy) is 1. The Labute approximate surface area is 150 Å². The number of rotatable bonds is 7. The fraction of sp³-hybridized carbons (Fsp3) is 0.211. The summed E-state index contributed by atoms with van der Waals surface area (Å²) in [5.74, 6) is 1.66. The van der Waals surface area contributed by atoms with Gasteiger partial charge in [0.25, 0.3) is 5.91 Å². The molecule has 2 aromatic heterocycles. The molecule has 2 heterocycles. The molecule has 0 aliphatic carbocycles. The summed E-state index contributed by atoms with van der Waals surface area (Å²) in [6.45, 7) is 2.34. The number of hydrogen-bond acceptors (Lipinski definition) is 4. The molecular formula is C19H18ClNO4. The Morgan fingerprint density at radius 1 is 1.04 bits per heavy atom. The highest BCUT2D eigenvalue weighted by Crippen LogP contribution is 2.25. The van der Waals surface area contributed by atoms with Crippen LogP contribution in [0, 0.1) is 0 Å². The van der Waals surface area contributed by atoms with E-state index >= 15 is 0 Å². The number of furan rings is 2. The first-order valence-electron chi connectivity index (χ1n) is 7.88. The predicted molar refractivity (Wildman–Crippen MR) is 93.2 cm³/mol. The molecule has 6 heteroatoms. The number of nitrogens with zero attached hydrogens (tertiary/aromatic N) is 1. The molecule has 1 unspecified atom stereocenters. The molecule has 0 aliphatic heterocycles. The summed E-state index contributed by atoms with van der Waals surface area (Å²) < 4.78 is 16.5. The van der Waals surface area contributed by atoms with E-state index < -0.39 is 6.10 Å². The van der Waals surface area contributed by atoms with Gasteiger partial charge >= 0.3 is 0 Å². The Balaban J connectivity index is 1.74. The maximum atomic E-state index is 12.9. The molecular weight excluding hydrogens is 342 g/mol. The summed E-state index contributed by atoms with van der Waals surface area (Å²) in [7, 11) is 0. The number of hydrogen-bond donors (Lipinski definition) is 0. The third-order valence-electron chi connectivity index (χ3n) is 3.65. The SMILES string of the molecule is CC(Oc1ccccc1Cl)C(=O)N(Cc1ccco1)Cc1ccco1. The molecule has 0 spiro atoms. The van der Waals surface area contributed by atoms with Crippen molar-refractivity contribution in [3.05, 3.63) is 77.6 Å². The lowest BCUT2D eigenvalue weighted by atomic mass is 10.2. The van der Waals surface area contributed by atoms with E-state index in [-0.39, 0.29) is 5.91 Å². The van der Waals surface area contributed by atoms with Gasteiger partial charge in [-0.05, 0) is 43.3 Å². The molecule has 0 radical (unpaired) electrons. The number of amides is 1. The largest absolute Gasteiger partial charge is 0.479 e. The summed E-state index contributed by atoms with van der Waals surface area (Å²) in [6, 6.07) is 14.3. The smallest absolute Gasteiger partial charge is 0.264 e. The molecule has 5 nitrogen and oxygen atoms in total. The van der Waals surface area contributed by atoms with Gasteiger partial charge in [0.1, 0.15) is 17.3 Å². The van der Waals surface area contributed by atoms with Gasteiger partial charge in [0.15, 0.2) is 6.10 Å². The van der Waals surface area contributed by atoms with Crippen molar-refractivity contribution < 1.29 is 18.4 Å². The number of para-hydroxylation sites is 1. The summed E-state index contributed by atoms with van der Waals surface area (Å²) in [4.78, 5) is 14.5. The summed E-state index contributed by atoms with van der Waals surface area (Å²) in [5.41, 5.74) is 0. The Morgan fingerprint density at radius 3 is 2.16 bits per heavy atom. The standard InChI is InChI=1S/C19H18ClNO4/c1-14(25-18-9-3-2-8-17(18)20)19(22)21(12-15-6-4-10-23-15)13-16-7-5-11-24-16/h2-11,14H,12-13H2,1H3. The van der Waals surface area contributed by atoms with Gasteiger partial charge in [-0.15, -0.1) is 0 Å². The highest BCUT2D eigenvalue weighted by atomic mass is 35.5. The van der Waals surface area contributed by atoms with Crippen LogP contribution in [0.5, 0.6) is 5.75 Å². The third kappa shape index (κ3) is 4.45. The van der Waals surface area contributed by atoms with Crippen LogP contribution < -0.4 is 4.74 Å². The van der Waals surface area contributed by atoms with E-state index in [1.54, 1.807) is 48.6 Å². The van der Waals surface area contributed by atoms with Gasteiger partial charge < -0.3 is 18.5 Å². The van der Waals surface area contributed by atoms with Crippen molar-refractivity contribution >= 4 is 17.5 Å². The molecule has 0 saturated carbocycles. The molecule has 130 valence electrons. The van der Waals surface area contributed by atoms with Crippen molar-refractivity contribution in [3.63, 3.8) is 0 Å². The first kappa shape index (κ1) is 17.2. The summed E-state index contributed by atoms with van der Waals surface area (Å²) in [6.07, 6.45) is 2.45. The maximum Gasteiger partial charge on any atom is 0.264 e. The molecule has 0 saturated heterocycles. The average molecular weight is 360 g/mol. The van der Waals surface area contributed by atoms with Crippen LogP contribution in [-0.4, -0.2) is 16.9 Å². The van der Waals surface area contributed by atoms with E-state index in [4.69, 9.17) is 25.2 Å². The lowest BCUT2D eigenvalue weighted by molar-refractivity contribution is -0.139. The Hall–Kier alpha value is -2.66. The topological polar surface area (TPSA) is 55.8 Å². The maximum absolute atomic E-state index is 12.9. The number of carbonyl (C=O) groups excluding carboxylic acids is 1. The van der Waals surface area contributed by atoms with Gasteiger partial charge in [-0.1, -0.05) is 23.7 Å². The van der Waals surface area contributed by atoms with E-state index in [0.29, 0.717) is 35.4 Å². The van der Waals surface area contributed by atoms with Crippen LogP contribution in [0.15, 0.2) is 69.9 Å². The van der Waals surface area contributed by atoms with Crippen molar-refractivity contribution in [3.8, 4) is 5.75 Å². The van der Waals surface area contributed by atoms with Crippen LogP contribution in [0.2, 0.25) is 5.02 Å². The Kier molecular flexibility index (Phi) is 5.46. The lowest BCUT2D eigenvalue weighted by Gasteiger charge is -2.25. The molecule has 0 aliphatic rings. The second kappa shape index (κ2) is 7.94. The first-order valence-corrected chi connectivity index (χ1v) is 8.26. The number of benzene rings is 1. The average Bonchev–Trinajstić information content (AvgIpc) is 3.29. The zero-order valence-electron chi connectivity index (χ0n) is 13.7. The summed E-state index contributed by atoms with van der Waals surface area (Å²) >= 11 is 6.10. The zero-order valence-corrected chi connectivity index (χ0v) is 14.5. The normalized spacial score (nSPS) is 11.9. The van der Waals surface area contributed by atoms with E-state index in [2.05, 4.69) is 0 Å². The highest BCUT2D eigenvalue weighted by molar-refractivity contribution is 6.32. The van der Waals surface area contributed by atoms with Crippen LogP contribution in [0.1, 0.15) is 18.4 Å². The van der Waals surface area contributed by atoms with Crippen LogP contribution in [0.3, 0.4) is 0 Å². The van der Waals surface area contributed by atoms with Gasteiger partial charge in [0.2, 0.25) is 0 Å². The highest BCUT2D eigenvalue weighted by Gasteiger charge is 2.24. The molecule has 1 aromatic carbocycles. The second-order valence-corrected chi connectivity index (χ2v) is 5.95. The number of carbonyl (C=O) groups is 1. The van der Waals surface area contributed by atoms with Crippen LogP contribution in [0.4, 0.5) is 0 Å². The molecule has 1 atom stereocenters. The third-order valence-corrected chi connectivity index (χ3v) is 3.97. The van der Waals surface area contributed by atoms with Crippen molar-refractivity contribution in [1.29, 1.82) is 0 Å². The first-order chi connectivity index (χ1) is 12.1. The van der Waals surface area contributed by atoms with E-state index in [1.807, 2.05) is 24.3 Å². The van der Waals surface area contributed by atoms with Crippen LogP contribution in [0.25, 0.3) is 0 Å². The quantitative estimate of drug-likeness (QED) is 0.622. The van der Waals surface area contributed by atoms with Crippen LogP contribution >= 0.6 is 11.6 Å². The van der Waals surface area contributed by atoms with Crippen LogP contribution in [-0.2, 0) is 17.9 Å².